The van der Waals surface area contributed by atoms with Crippen LogP contribution < -0.4 is 10.6 Å². The number of pyridine rings is 1. The van der Waals surface area contributed by atoms with Crippen molar-refractivity contribution in [2.24, 2.45) is 0 Å². The molecule has 0 fully saturated rings. The van der Waals surface area contributed by atoms with E-state index >= 15 is 0 Å². The zero-order chi connectivity index (χ0) is 25.6. The fraction of sp³-hybridized carbons (Fsp3) is 0.407. The van der Waals surface area contributed by atoms with Gasteiger partial charge in [0.2, 0.25) is 5.95 Å². The highest BCUT2D eigenvalue weighted by Gasteiger charge is 2.18. The Morgan fingerprint density at radius 2 is 1.91 bits per heavy atom. The van der Waals surface area contributed by atoms with Gasteiger partial charge in [-0.3, -0.25) is 9.59 Å². The lowest BCUT2D eigenvalue weighted by atomic mass is 9.99. The van der Waals surface area contributed by atoms with Crippen molar-refractivity contribution in [2.75, 3.05) is 26.2 Å². The maximum absolute atomic E-state index is 13.4. The number of carbonyl (C=O) groups excluding carboxylic acids is 2. The van der Waals surface area contributed by atoms with E-state index in [1.165, 1.54) is 24.3 Å². The maximum Gasteiger partial charge on any atom is 0.262 e. The van der Waals surface area contributed by atoms with Crippen molar-refractivity contribution in [3.63, 3.8) is 0 Å². The molecule has 1 aromatic carbocycles. The van der Waals surface area contributed by atoms with Crippen molar-refractivity contribution < 1.29 is 14.0 Å². The smallest absolute Gasteiger partial charge is 0.262 e. The molecule has 0 aliphatic carbocycles. The van der Waals surface area contributed by atoms with Gasteiger partial charge in [0.15, 0.2) is 0 Å². The summed E-state index contributed by atoms with van der Waals surface area (Å²) in [7, 11) is 0. The summed E-state index contributed by atoms with van der Waals surface area (Å²) in [5.74, 6) is -1.44. The third-order valence-electron chi connectivity index (χ3n) is 5.66. The Labute approximate surface area is 207 Å². The average Bonchev–Trinajstić information content (AvgIpc) is 2.87. The molecule has 0 radical (unpaired) electrons. The van der Waals surface area contributed by atoms with Crippen LogP contribution in [0.25, 0.3) is 6.08 Å². The molecule has 8 heteroatoms. The number of nitrogens with one attached hydrogen (secondary N) is 2. The summed E-state index contributed by atoms with van der Waals surface area (Å²) in [6, 6.07) is 12.8. The number of aromatic nitrogens is 1. The van der Waals surface area contributed by atoms with Gasteiger partial charge in [0.25, 0.3) is 11.8 Å². The predicted octanol–water partition coefficient (Wildman–Crippen LogP) is 4.25. The van der Waals surface area contributed by atoms with Crippen LogP contribution in [0.4, 0.5) is 4.39 Å². The predicted molar refractivity (Wildman–Crippen MR) is 135 cm³/mol. The van der Waals surface area contributed by atoms with Crippen LogP contribution in [0.15, 0.2) is 48.0 Å². The van der Waals surface area contributed by atoms with Gasteiger partial charge in [-0.25, -0.2) is 4.98 Å². The summed E-state index contributed by atoms with van der Waals surface area (Å²) in [5, 5.41) is 15.3. The molecule has 0 bridgehead atoms. The second-order valence-corrected chi connectivity index (χ2v) is 8.13. The first-order valence-corrected chi connectivity index (χ1v) is 12.1. The number of amides is 2. The third kappa shape index (κ3) is 8.95. The van der Waals surface area contributed by atoms with E-state index in [-0.39, 0.29) is 23.2 Å². The average molecular weight is 480 g/mol. The van der Waals surface area contributed by atoms with Crippen LogP contribution in [-0.4, -0.2) is 47.9 Å². The molecule has 1 aromatic heterocycles. The van der Waals surface area contributed by atoms with Gasteiger partial charge in [0.05, 0.1) is 11.7 Å². The van der Waals surface area contributed by atoms with Gasteiger partial charge in [0, 0.05) is 12.1 Å². The quantitative estimate of drug-likeness (QED) is 0.194. The molecule has 1 unspecified atom stereocenters. The van der Waals surface area contributed by atoms with E-state index in [0.29, 0.717) is 18.5 Å². The van der Waals surface area contributed by atoms with E-state index in [2.05, 4.69) is 34.4 Å². The van der Waals surface area contributed by atoms with E-state index in [9.17, 15) is 19.2 Å². The molecule has 0 aliphatic heterocycles. The summed E-state index contributed by atoms with van der Waals surface area (Å²) >= 11 is 0. The first-order valence-electron chi connectivity index (χ1n) is 12.1. The molecule has 0 saturated heterocycles. The molecule has 0 aliphatic rings. The van der Waals surface area contributed by atoms with E-state index in [1.807, 2.05) is 19.1 Å². The summed E-state index contributed by atoms with van der Waals surface area (Å²) in [5.41, 5.74) is 1.30. The van der Waals surface area contributed by atoms with Crippen molar-refractivity contribution in [3.05, 3.63) is 70.8 Å². The lowest BCUT2D eigenvalue weighted by molar-refractivity contribution is -0.117. The zero-order valence-electron chi connectivity index (χ0n) is 20.7. The van der Waals surface area contributed by atoms with Gasteiger partial charge in [-0.2, -0.15) is 9.65 Å². The Hall–Kier alpha value is -3.57. The number of nitrogens with zero attached hydrogens (tertiary/aromatic N) is 3. The van der Waals surface area contributed by atoms with Crippen molar-refractivity contribution in [1.82, 2.24) is 20.5 Å². The standard InChI is InChI=1S/C27H34FN5O2/c1-4-10-24(32-27(35)22(19-29)18-23-13-8-14-25(28)31-23)20-11-7-12-21(17-20)26(34)30-15-9-16-33(5-2)6-3/h7-8,11-14,17-18,24H,4-6,9-10,15-16H2,1-3H3,(H,30,34)(H,32,35)/b22-18+. The molecule has 0 spiro atoms. The number of nitriles is 1. The van der Waals surface area contributed by atoms with Gasteiger partial charge >= 0.3 is 0 Å². The summed E-state index contributed by atoms with van der Waals surface area (Å²) in [6.07, 6.45) is 3.52. The lowest BCUT2D eigenvalue weighted by Crippen LogP contribution is -2.31. The molecule has 2 aromatic rings. The normalized spacial score (nSPS) is 12.2. The van der Waals surface area contributed by atoms with Gasteiger partial charge in [-0.15, -0.1) is 0 Å². The number of benzene rings is 1. The molecule has 2 rings (SSSR count). The number of hydrogen-bond donors (Lipinski definition) is 2. The van der Waals surface area contributed by atoms with Crippen LogP contribution in [0.1, 0.15) is 67.7 Å². The Morgan fingerprint density at radius 3 is 2.57 bits per heavy atom. The zero-order valence-corrected chi connectivity index (χ0v) is 20.7. The van der Waals surface area contributed by atoms with E-state index in [0.717, 1.165) is 38.0 Å². The minimum atomic E-state index is -0.691. The van der Waals surface area contributed by atoms with Crippen molar-refractivity contribution in [3.8, 4) is 6.07 Å². The van der Waals surface area contributed by atoms with Gasteiger partial charge in [0.1, 0.15) is 11.6 Å². The highest BCUT2D eigenvalue weighted by atomic mass is 19.1. The van der Waals surface area contributed by atoms with Crippen molar-refractivity contribution in [2.45, 2.75) is 46.1 Å². The SMILES string of the molecule is CCCC(NC(=O)/C(C#N)=C/c1cccc(F)n1)c1cccc(C(=O)NCCCN(CC)CC)c1. The van der Waals surface area contributed by atoms with Crippen LogP contribution >= 0.6 is 0 Å². The second kappa shape index (κ2) is 14.6. The van der Waals surface area contributed by atoms with E-state index in [4.69, 9.17) is 0 Å². The number of rotatable bonds is 13. The minimum absolute atomic E-state index is 0.164. The molecule has 1 atom stereocenters. The van der Waals surface area contributed by atoms with Crippen LogP contribution in [0, 0.1) is 17.3 Å². The topological polar surface area (TPSA) is 98.1 Å². The van der Waals surface area contributed by atoms with Gasteiger partial charge < -0.3 is 15.5 Å². The van der Waals surface area contributed by atoms with E-state index in [1.54, 1.807) is 18.2 Å². The van der Waals surface area contributed by atoms with Crippen molar-refractivity contribution >= 4 is 17.9 Å². The maximum atomic E-state index is 13.4. The molecule has 1 heterocycles. The number of carbonyl (C=O) groups is 2. The molecule has 7 nitrogen and oxygen atoms in total. The van der Waals surface area contributed by atoms with Crippen molar-refractivity contribution in [1.29, 1.82) is 5.26 Å². The van der Waals surface area contributed by atoms with Crippen LogP contribution in [0.3, 0.4) is 0 Å². The molecule has 0 saturated carbocycles. The molecule has 2 N–H and O–H groups in total. The van der Waals surface area contributed by atoms with Crippen LogP contribution in [-0.2, 0) is 4.79 Å². The molecule has 2 amide bonds. The Bertz CT molecular complexity index is 1060. The molecule has 35 heavy (non-hydrogen) atoms. The third-order valence-corrected chi connectivity index (χ3v) is 5.66. The summed E-state index contributed by atoms with van der Waals surface area (Å²) in [4.78, 5) is 31.5. The van der Waals surface area contributed by atoms with Gasteiger partial charge in [-0.1, -0.05) is 45.4 Å². The summed E-state index contributed by atoms with van der Waals surface area (Å²) in [6.45, 7) is 9.71. The first-order chi connectivity index (χ1) is 16.9. The fourth-order valence-corrected chi connectivity index (χ4v) is 3.69. The van der Waals surface area contributed by atoms with E-state index < -0.39 is 11.9 Å². The number of halogens is 1. The second-order valence-electron chi connectivity index (χ2n) is 8.13. The van der Waals surface area contributed by atoms with Crippen LogP contribution in [0.2, 0.25) is 0 Å². The minimum Gasteiger partial charge on any atom is -0.352 e. The monoisotopic (exact) mass is 479 g/mol. The number of hydrogen-bond acceptors (Lipinski definition) is 5. The Balaban J connectivity index is 2.09. The first kappa shape index (κ1) is 27.7. The lowest BCUT2D eigenvalue weighted by Gasteiger charge is -2.19. The largest absolute Gasteiger partial charge is 0.352 e. The Kier molecular flexibility index (Phi) is 11.6. The highest BCUT2D eigenvalue weighted by molar-refractivity contribution is 6.01. The van der Waals surface area contributed by atoms with Crippen LogP contribution in [0.5, 0.6) is 0 Å². The molecule has 186 valence electrons. The molecular formula is C27H34FN5O2. The summed E-state index contributed by atoms with van der Waals surface area (Å²) < 4.78 is 13.4. The Morgan fingerprint density at radius 1 is 1.17 bits per heavy atom. The highest BCUT2D eigenvalue weighted by Crippen LogP contribution is 2.21. The fourth-order valence-electron chi connectivity index (χ4n) is 3.69. The van der Waals surface area contributed by atoms with Gasteiger partial charge in [-0.05, 0) is 68.4 Å². The molecular weight excluding hydrogens is 445 g/mol.